The molecule has 0 saturated carbocycles. The molecule has 166 valence electrons. The Morgan fingerprint density at radius 1 is 1.06 bits per heavy atom. The van der Waals surface area contributed by atoms with Crippen LogP contribution in [0.2, 0.25) is 0 Å². The third-order valence-corrected chi connectivity index (χ3v) is 5.69. The van der Waals surface area contributed by atoms with Gasteiger partial charge in [0.25, 0.3) is 5.91 Å². The minimum atomic E-state index is -0.208. The first-order valence-electron chi connectivity index (χ1n) is 10.7. The lowest BCUT2D eigenvalue weighted by Gasteiger charge is -2.33. The Labute approximate surface area is 187 Å². The van der Waals surface area contributed by atoms with E-state index in [-0.39, 0.29) is 24.2 Å². The van der Waals surface area contributed by atoms with Crippen molar-refractivity contribution in [3.63, 3.8) is 0 Å². The third-order valence-electron chi connectivity index (χ3n) is 5.69. The molecule has 32 heavy (non-hydrogen) atoms. The summed E-state index contributed by atoms with van der Waals surface area (Å²) in [6.07, 6.45) is 5.09. The lowest BCUT2D eigenvalue weighted by atomic mass is 10.1. The topological polar surface area (TPSA) is 73.3 Å². The van der Waals surface area contributed by atoms with Crippen LogP contribution < -0.4 is 9.64 Å². The summed E-state index contributed by atoms with van der Waals surface area (Å²) in [4.78, 5) is 30.7. The monoisotopic (exact) mass is 433 g/mol. The van der Waals surface area contributed by atoms with Crippen LogP contribution in [0.15, 0.2) is 60.4 Å². The molecule has 2 aromatic rings. The van der Waals surface area contributed by atoms with Gasteiger partial charge in [0.05, 0.1) is 12.3 Å². The number of aliphatic hydroxyl groups is 1. The van der Waals surface area contributed by atoms with Gasteiger partial charge in [-0.15, -0.1) is 0 Å². The van der Waals surface area contributed by atoms with E-state index >= 15 is 0 Å². The van der Waals surface area contributed by atoms with Gasteiger partial charge in [0, 0.05) is 45.8 Å². The van der Waals surface area contributed by atoms with Gasteiger partial charge in [0.1, 0.15) is 0 Å². The Bertz CT molecular complexity index is 1050. The van der Waals surface area contributed by atoms with Crippen LogP contribution in [-0.4, -0.2) is 73.1 Å². The van der Waals surface area contributed by atoms with Crippen molar-refractivity contribution in [3.8, 4) is 5.75 Å². The van der Waals surface area contributed by atoms with Crippen LogP contribution in [0.1, 0.15) is 11.1 Å². The number of amides is 2. The number of hydrogen-bond donors (Lipinski definition) is 1. The molecule has 1 saturated heterocycles. The van der Waals surface area contributed by atoms with E-state index in [9.17, 15) is 9.59 Å². The normalized spacial score (nSPS) is 18.2. The average Bonchev–Trinajstić information content (AvgIpc) is 2.82. The molecule has 0 bridgehead atoms. The van der Waals surface area contributed by atoms with Crippen LogP contribution in [-0.2, 0) is 9.59 Å². The number of β-amino-alcohol motifs (C(OH)–C–C–N with tert-alkyl or cyclic N) is 1. The summed E-state index contributed by atoms with van der Waals surface area (Å²) in [5, 5.41) is 9.03. The highest BCUT2D eigenvalue weighted by Gasteiger charge is 2.27. The molecule has 2 heterocycles. The van der Waals surface area contributed by atoms with Crippen LogP contribution in [0.3, 0.4) is 0 Å². The molecule has 2 aliphatic heterocycles. The Balaban J connectivity index is 1.44. The van der Waals surface area contributed by atoms with E-state index in [1.807, 2.05) is 53.4 Å². The first-order valence-corrected chi connectivity index (χ1v) is 10.7. The van der Waals surface area contributed by atoms with E-state index in [0.717, 1.165) is 29.9 Å². The number of aliphatic hydroxyl groups excluding tert-OH is 1. The minimum absolute atomic E-state index is 0.0265. The van der Waals surface area contributed by atoms with Gasteiger partial charge in [0.2, 0.25) is 5.91 Å². The van der Waals surface area contributed by atoms with Gasteiger partial charge in [-0.05, 0) is 41.5 Å². The standard InChI is InChI=1S/C25H27N3O4/c1-26-21-7-2-3-8-22(21)32-23(25(26)31)18-20-6-4-5-19(17-20)9-10-24(30)28-13-11-27(12-14-28)15-16-29/h2-10,17-18,29H,11-16H2,1H3/b10-9-,23-18+. The van der Waals surface area contributed by atoms with Crippen LogP contribution >= 0.6 is 0 Å². The molecule has 0 aromatic heterocycles. The maximum Gasteiger partial charge on any atom is 0.293 e. The van der Waals surface area contributed by atoms with Crippen LogP contribution in [0.5, 0.6) is 5.75 Å². The molecule has 0 spiro atoms. The summed E-state index contributed by atoms with van der Waals surface area (Å²) in [6, 6.07) is 15.0. The summed E-state index contributed by atoms with van der Waals surface area (Å²) < 4.78 is 5.83. The fourth-order valence-corrected chi connectivity index (χ4v) is 3.86. The van der Waals surface area contributed by atoms with Crippen LogP contribution in [0, 0.1) is 0 Å². The highest BCUT2D eigenvalue weighted by molar-refractivity contribution is 6.09. The second kappa shape index (κ2) is 9.80. The fraction of sp³-hybridized carbons (Fsp3) is 0.280. The number of benzene rings is 2. The molecule has 7 nitrogen and oxygen atoms in total. The summed E-state index contributed by atoms with van der Waals surface area (Å²) in [6.45, 7) is 3.64. The summed E-state index contributed by atoms with van der Waals surface area (Å²) >= 11 is 0. The molecule has 2 amide bonds. The summed E-state index contributed by atoms with van der Waals surface area (Å²) in [5.41, 5.74) is 2.42. The molecular weight excluding hydrogens is 406 g/mol. The van der Waals surface area contributed by atoms with E-state index in [0.29, 0.717) is 25.4 Å². The zero-order valence-corrected chi connectivity index (χ0v) is 18.1. The number of nitrogens with zero attached hydrogens (tertiary/aromatic N) is 3. The van der Waals surface area contributed by atoms with E-state index in [2.05, 4.69) is 4.90 Å². The number of carbonyl (C=O) groups is 2. The number of hydrogen-bond acceptors (Lipinski definition) is 5. The molecule has 2 aromatic carbocycles. The van der Waals surface area contributed by atoms with Crippen molar-refractivity contribution >= 4 is 29.7 Å². The van der Waals surface area contributed by atoms with Gasteiger partial charge in [-0.1, -0.05) is 30.3 Å². The summed E-state index contributed by atoms with van der Waals surface area (Å²) in [7, 11) is 1.73. The molecule has 4 rings (SSSR count). The van der Waals surface area contributed by atoms with Gasteiger partial charge in [-0.2, -0.15) is 0 Å². The van der Waals surface area contributed by atoms with Crippen molar-refractivity contribution in [3.05, 3.63) is 71.5 Å². The number of anilines is 1. The Kier molecular flexibility index (Phi) is 6.68. The zero-order chi connectivity index (χ0) is 22.5. The average molecular weight is 434 g/mol. The Morgan fingerprint density at radius 2 is 1.81 bits per heavy atom. The van der Waals surface area contributed by atoms with Crippen LogP contribution in [0.4, 0.5) is 5.69 Å². The Hall–Kier alpha value is -3.42. The van der Waals surface area contributed by atoms with Crippen molar-refractivity contribution in [1.82, 2.24) is 9.80 Å². The second-order valence-electron chi connectivity index (χ2n) is 7.84. The second-order valence-corrected chi connectivity index (χ2v) is 7.84. The molecule has 0 aliphatic carbocycles. The SMILES string of the molecule is CN1C(=O)/C(=C\c2cccc(/C=C\C(=O)N3CCN(CCO)CC3)c2)Oc2ccccc21. The van der Waals surface area contributed by atoms with Gasteiger partial charge < -0.3 is 19.6 Å². The van der Waals surface area contributed by atoms with Crippen molar-refractivity contribution in [2.75, 3.05) is 51.3 Å². The van der Waals surface area contributed by atoms with Crippen molar-refractivity contribution in [2.45, 2.75) is 0 Å². The minimum Gasteiger partial charge on any atom is -0.449 e. The number of piperazine rings is 1. The largest absolute Gasteiger partial charge is 0.449 e. The maximum atomic E-state index is 12.7. The summed E-state index contributed by atoms with van der Waals surface area (Å²) in [5.74, 6) is 0.660. The molecule has 2 aliphatic rings. The molecule has 0 unspecified atom stereocenters. The predicted octanol–water partition coefficient (Wildman–Crippen LogP) is 2.23. The van der Waals surface area contributed by atoms with Crippen molar-refractivity contribution < 1.29 is 19.4 Å². The molecule has 7 heteroatoms. The number of rotatable bonds is 5. The van der Waals surface area contributed by atoms with Crippen molar-refractivity contribution in [2.24, 2.45) is 0 Å². The van der Waals surface area contributed by atoms with Crippen molar-refractivity contribution in [1.29, 1.82) is 0 Å². The molecule has 1 fully saturated rings. The molecule has 0 radical (unpaired) electrons. The molecular formula is C25H27N3O4. The van der Waals surface area contributed by atoms with E-state index in [1.165, 1.54) is 0 Å². The number of carbonyl (C=O) groups excluding carboxylic acids is 2. The first kappa shape index (κ1) is 21.8. The van der Waals surface area contributed by atoms with Gasteiger partial charge in [0.15, 0.2) is 11.5 Å². The van der Waals surface area contributed by atoms with Crippen LogP contribution in [0.25, 0.3) is 12.2 Å². The highest BCUT2D eigenvalue weighted by atomic mass is 16.5. The highest BCUT2D eigenvalue weighted by Crippen LogP contribution is 2.34. The maximum absolute atomic E-state index is 12.7. The zero-order valence-electron chi connectivity index (χ0n) is 18.1. The number of likely N-dealkylation sites (N-methyl/N-ethyl adjacent to an activating group) is 1. The lowest BCUT2D eigenvalue weighted by Crippen LogP contribution is -2.48. The quantitative estimate of drug-likeness (QED) is 0.732. The predicted molar refractivity (Wildman–Crippen MR) is 124 cm³/mol. The van der Waals surface area contributed by atoms with Gasteiger partial charge in [-0.25, -0.2) is 0 Å². The molecule has 1 N–H and O–H groups in total. The van der Waals surface area contributed by atoms with E-state index < -0.39 is 0 Å². The number of fused-ring (bicyclic) bond motifs is 1. The molecule has 0 atom stereocenters. The fourth-order valence-electron chi connectivity index (χ4n) is 3.86. The lowest BCUT2D eigenvalue weighted by molar-refractivity contribution is -0.127. The smallest absolute Gasteiger partial charge is 0.293 e. The Morgan fingerprint density at radius 3 is 2.59 bits per heavy atom. The van der Waals surface area contributed by atoms with E-state index in [4.69, 9.17) is 9.84 Å². The van der Waals surface area contributed by atoms with Gasteiger partial charge >= 0.3 is 0 Å². The number of ether oxygens (including phenoxy) is 1. The third kappa shape index (κ3) is 4.90. The first-order chi connectivity index (χ1) is 15.5. The number of para-hydroxylation sites is 2. The van der Waals surface area contributed by atoms with Gasteiger partial charge in [-0.3, -0.25) is 14.5 Å². The van der Waals surface area contributed by atoms with E-state index in [1.54, 1.807) is 30.2 Å².